The summed E-state index contributed by atoms with van der Waals surface area (Å²) in [7, 11) is 1.78. The molecular formula is C15H29N3O. The van der Waals surface area contributed by atoms with E-state index in [4.69, 9.17) is 4.74 Å². The van der Waals surface area contributed by atoms with Gasteiger partial charge in [-0.3, -0.25) is 4.68 Å². The molecular weight excluding hydrogens is 238 g/mol. The van der Waals surface area contributed by atoms with E-state index in [9.17, 15) is 0 Å². The van der Waals surface area contributed by atoms with Gasteiger partial charge < -0.3 is 10.1 Å². The highest BCUT2D eigenvalue weighted by Crippen LogP contribution is 2.25. The van der Waals surface area contributed by atoms with E-state index in [-0.39, 0.29) is 5.60 Å². The van der Waals surface area contributed by atoms with Gasteiger partial charge in [-0.15, -0.1) is 0 Å². The van der Waals surface area contributed by atoms with Crippen LogP contribution >= 0.6 is 0 Å². The largest absolute Gasteiger partial charge is 0.379 e. The molecule has 4 heteroatoms. The Hall–Kier alpha value is -0.870. The molecule has 1 rings (SSSR count). The summed E-state index contributed by atoms with van der Waals surface area (Å²) < 4.78 is 7.58. The van der Waals surface area contributed by atoms with Crippen molar-refractivity contribution in [2.45, 2.75) is 65.1 Å². The third kappa shape index (κ3) is 5.33. The number of hydrogen-bond acceptors (Lipinski definition) is 3. The van der Waals surface area contributed by atoms with Gasteiger partial charge in [0.1, 0.15) is 0 Å². The van der Waals surface area contributed by atoms with Crippen molar-refractivity contribution in [3.05, 3.63) is 18.0 Å². The quantitative estimate of drug-likeness (QED) is 0.747. The lowest BCUT2D eigenvalue weighted by atomic mass is 9.95. The second-order valence-corrected chi connectivity index (χ2v) is 5.71. The van der Waals surface area contributed by atoms with Crippen LogP contribution in [0.1, 0.15) is 58.6 Å². The zero-order valence-electron chi connectivity index (χ0n) is 13.1. The van der Waals surface area contributed by atoms with Crippen molar-refractivity contribution in [1.29, 1.82) is 0 Å². The highest BCUT2D eigenvalue weighted by atomic mass is 16.5. The van der Waals surface area contributed by atoms with E-state index < -0.39 is 0 Å². The lowest BCUT2D eigenvalue weighted by Gasteiger charge is -2.28. The van der Waals surface area contributed by atoms with Crippen LogP contribution in [0.4, 0.5) is 0 Å². The summed E-state index contributed by atoms with van der Waals surface area (Å²) in [5.41, 5.74) is 1.13. The molecule has 1 heterocycles. The first-order valence-corrected chi connectivity index (χ1v) is 7.33. The predicted molar refractivity (Wildman–Crippen MR) is 79.3 cm³/mol. The van der Waals surface area contributed by atoms with Gasteiger partial charge in [0.15, 0.2) is 0 Å². The maximum Gasteiger partial charge on any atom is 0.0640 e. The Labute approximate surface area is 117 Å². The summed E-state index contributed by atoms with van der Waals surface area (Å²) >= 11 is 0. The van der Waals surface area contributed by atoms with Gasteiger partial charge in [-0.1, -0.05) is 13.8 Å². The van der Waals surface area contributed by atoms with Crippen molar-refractivity contribution in [2.75, 3.05) is 13.7 Å². The molecule has 19 heavy (non-hydrogen) atoms. The molecule has 0 fully saturated rings. The number of nitrogens with zero attached hydrogens (tertiary/aromatic N) is 2. The van der Waals surface area contributed by atoms with E-state index in [0.29, 0.717) is 6.04 Å². The molecule has 1 aromatic rings. The summed E-state index contributed by atoms with van der Waals surface area (Å²) in [5, 5.41) is 8.02. The minimum Gasteiger partial charge on any atom is -0.379 e. The topological polar surface area (TPSA) is 39.1 Å². The molecule has 1 N–H and O–H groups in total. The molecule has 1 atom stereocenters. The highest BCUT2D eigenvalue weighted by molar-refractivity contribution is 5.11. The normalized spacial score (nSPS) is 13.7. The average molecular weight is 267 g/mol. The molecule has 0 aromatic carbocycles. The van der Waals surface area contributed by atoms with Crippen LogP contribution in [-0.4, -0.2) is 29.0 Å². The third-order valence-corrected chi connectivity index (χ3v) is 3.40. The standard InChI is InChI=1S/C15H29N3O/c1-6-8-16-14(10-15(3,4)19-5)13-11-17-18(12-13)9-7-2/h11-12,14,16H,6-10H2,1-5H3. The van der Waals surface area contributed by atoms with Crippen molar-refractivity contribution in [2.24, 2.45) is 0 Å². The predicted octanol–water partition coefficient (Wildman–Crippen LogP) is 3.15. The fourth-order valence-corrected chi connectivity index (χ4v) is 2.11. The van der Waals surface area contributed by atoms with E-state index in [1.54, 1.807) is 7.11 Å². The molecule has 0 aliphatic carbocycles. The summed E-state index contributed by atoms with van der Waals surface area (Å²) in [6.45, 7) is 10.6. The van der Waals surface area contributed by atoms with Gasteiger partial charge in [-0.25, -0.2) is 0 Å². The number of nitrogens with one attached hydrogen (secondary N) is 1. The Bertz CT molecular complexity index is 360. The van der Waals surface area contributed by atoms with Crippen LogP contribution in [0.25, 0.3) is 0 Å². The number of aromatic nitrogens is 2. The number of aryl methyl sites for hydroxylation is 1. The van der Waals surface area contributed by atoms with E-state index in [1.807, 2.05) is 10.9 Å². The average Bonchev–Trinajstić information content (AvgIpc) is 2.83. The molecule has 0 saturated heterocycles. The zero-order valence-corrected chi connectivity index (χ0v) is 13.1. The first kappa shape index (κ1) is 16.2. The Kier molecular flexibility index (Phi) is 6.52. The van der Waals surface area contributed by atoms with Crippen LogP contribution in [-0.2, 0) is 11.3 Å². The lowest BCUT2D eigenvalue weighted by Crippen LogP contribution is -2.32. The number of rotatable bonds is 9. The fourth-order valence-electron chi connectivity index (χ4n) is 2.11. The lowest BCUT2D eigenvalue weighted by molar-refractivity contribution is 0.00684. The summed E-state index contributed by atoms with van der Waals surface area (Å²) in [6, 6.07) is 0.306. The van der Waals surface area contributed by atoms with Crippen molar-refractivity contribution in [1.82, 2.24) is 15.1 Å². The Morgan fingerprint density at radius 2 is 2.11 bits per heavy atom. The van der Waals surface area contributed by atoms with E-state index in [2.05, 4.69) is 44.3 Å². The number of methoxy groups -OCH3 is 1. The maximum atomic E-state index is 5.56. The van der Waals surface area contributed by atoms with Crippen molar-refractivity contribution in [3.8, 4) is 0 Å². The van der Waals surface area contributed by atoms with Gasteiger partial charge in [-0.05, 0) is 39.7 Å². The fraction of sp³-hybridized carbons (Fsp3) is 0.800. The van der Waals surface area contributed by atoms with E-state index >= 15 is 0 Å². The third-order valence-electron chi connectivity index (χ3n) is 3.40. The number of ether oxygens (including phenoxy) is 1. The van der Waals surface area contributed by atoms with Gasteiger partial charge in [0.05, 0.1) is 11.8 Å². The van der Waals surface area contributed by atoms with Crippen LogP contribution in [0.5, 0.6) is 0 Å². The molecule has 4 nitrogen and oxygen atoms in total. The SMILES string of the molecule is CCCNC(CC(C)(C)OC)c1cnn(CCC)c1. The smallest absolute Gasteiger partial charge is 0.0640 e. The Morgan fingerprint density at radius 3 is 2.68 bits per heavy atom. The van der Waals surface area contributed by atoms with E-state index in [0.717, 1.165) is 32.4 Å². The van der Waals surface area contributed by atoms with Crippen LogP contribution in [0.2, 0.25) is 0 Å². The first-order valence-electron chi connectivity index (χ1n) is 7.33. The van der Waals surface area contributed by atoms with Gasteiger partial charge in [-0.2, -0.15) is 5.10 Å². The molecule has 0 radical (unpaired) electrons. The van der Waals surface area contributed by atoms with Gasteiger partial charge in [0.2, 0.25) is 0 Å². The monoisotopic (exact) mass is 267 g/mol. The molecule has 0 saturated carbocycles. The second kappa shape index (κ2) is 7.65. The van der Waals surface area contributed by atoms with Crippen molar-refractivity contribution < 1.29 is 4.74 Å². The molecule has 0 aliphatic rings. The van der Waals surface area contributed by atoms with Gasteiger partial charge in [0.25, 0.3) is 0 Å². The zero-order chi connectivity index (χ0) is 14.3. The van der Waals surface area contributed by atoms with Crippen LogP contribution in [0.3, 0.4) is 0 Å². The van der Waals surface area contributed by atoms with Crippen LogP contribution in [0.15, 0.2) is 12.4 Å². The molecule has 0 amide bonds. The van der Waals surface area contributed by atoms with E-state index in [1.165, 1.54) is 5.56 Å². The highest BCUT2D eigenvalue weighted by Gasteiger charge is 2.24. The van der Waals surface area contributed by atoms with Crippen molar-refractivity contribution >= 4 is 0 Å². The maximum absolute atomic E-state index is 5.56. The van der Waals surface area contributed by atoms with Crippen LogP contribution in [0, 0.1) is 0 Å². The minimum absolute atomic E-state index is 0.127. The second-order valence-electron chi connectivity index (χ2n) is 5.71. The number of hydrogen-bond donors (Lipinski definition) is 1. The molecule has 0 bridgehead atoms. The Morgan fingerprint density at radius 1 is 1.37 bits per heavy atom. The molecule has 1 unspecified atom stereocenters. The van der Waals surface area contributed by atoms with Gasteiger partial charge in [0, 0.05) is 31.5 Å². The van der Waals surface area contributed by atoms with Gasteiger partial charge >= 0.3 is 0 Å². The minimum atomic E-state index is -0.127. The first-order chi connectivity index (χ1) is 9.02. The molecule has 110 valence electrons. The summed E-state index contributed by atoms with van der Waals surface area (Å²) in [5.74, 6) is 0. The van der Waals surface area contributed by atoms with Crippen LogP contribution < -0.4 is 5.32 Å². The molecule has 1 aromatic heterocycles. The molecule has 0 spiro atoms. The Balaban J connectivity index is 2.76. The van der Waals surface area contributed by atoms with Crippen molar-refractivity contribution in [3.63, 3.8) is 0 Å². The summed E-state index contributed by atoms with van der Waals surface area (Å²) in [6.07, 6.45) is 7.32. The summed E-state index contributed by atoms with van der Waals surface area (Å²) in [4.78, 5) is 0. The molecule has 0 aliphatic heterocycles.